The molecule has 4 heteroatoms. The maximum Gasteiger partial charge on any atom is 0.119 e. The zero-order valence-electron chi connectivity index (χ0n) is 13.1. The summed E-state index contributed by atoms with van der Waals surface area (Å²) in [5.41, 5.74) is 1.24. The van der Waals surface area contributed by atoms with Crippen molar-refractivity contribution < 1.29 is 9.47 Å². The van der Waals surface area contributed by atoms with Crippen LogP contribution in [0.4, 0.5) is 0 Å². The van der Waals surface area contributed by atoms with Crippen molar-refractivity contribution in [2.75, 3.05) is 26.8 Å². The number of aromatic nitrogens is 1. The van der Waals surface area contributed by atoms with Crippen LogP contribution >= 0.6 is 0 Å². The minimum atomic E-state index is 0.263. The first-order valence-corrected chi connectivity index (χ1v) is 7.66. The van der Waals surface area contributed by atoms with Crippen LogP contribution in [0.5, 0.6) is 5.75 Å². The van der Waals surface area contributed by atoms with Crippen LogP contribution in [0.25, 0.3) is 10.9 Å². The summed E-state index contributed by atoms with van der Waals surface area (Å²) in [5, 5.41) is 1.21. The second kappa shape index (κ2) is 6.08. The molecule has 0 amide bonds. The standard InChI is InChI=1S/C17H24N2O2/c1-13(2)18-8-9-21-16(11-18)12-19-7-6-14-10-15(20-3)4-5-17(14)19/h4-7,10,13,16H,8-9,11-12H2,1-3H3. The van der Waals surface area contributed by atoms with Gasteiger partial charge < -0.3 is 14.0 Å². The highest BCUT2D eigenvalue weighted by molar-refractivity contribution is 5.81. The first kappa shape index (κ1) is 14.4. The predicted molar refractivity (Wildman–Crippen MR) is 84.9 cm³/mol. The summed E-state index contributed by atoms with van der Waals surface area (Å²) in [6.45, 7) is 8.28. The Labute approximate surface area is 126 Å². The molecule has 2 heterocycles. The topological polar surface area (TPSA) is 26.6 Å². The number of benzene rings is 1. The summed E-state index contributed by atoms with van der Waals surface area (Å²) in [6, 6.07) is 8.94. The average molecular weight is 288 g/mol. The smallest absolute Gasteiger partial charge is 0.119 e. The van der Waals surface area contributed by atoms with Crippen molar-refractivity contribution in [2.24, 2.45) is 0 Å². The third-order valence-electron chi connectivity index (χ3n) is 4.28. The third kappa shape index (κ3) is 3.06. The highest BCUT2D eigenvalue weighted by Gasteiger charge is 2.22. The summed E-state index contributed by atoms with van der Waals surface area (Å²) in [6.07, 6.45) is 2.40. The van der Waals surface area contributed by atoms with E-state index in [2.05, 4.69) is 47.7 Å². The van der Waals surface area contributed by atoms with Gasteiger partial charge in [0.1, 0.15) is 5.75 Å². The Balaban J connectivity index is 1.75. The second-order valence-corrected chi connectivity index (χ2v) is 5.97. The number of rotatable bonds is 4. The minimum absolute atomic E-state index is 0.263. The number of ether oxygens (including phenoxy) is 2. The number of nitrogens with zero attached hydrogens (tertiary/aromatic N) is 2. The lowest BCUT2D eigenvalue weighted by Crippen LogP contribution is -2.47. The quantitative estimate of drug-likeness (QED) is 0.865. The third-order valence-corrected chi connectivity index (χ3v) is 4.28. The molecule has 114 valence electrons. The van der Waals surface area contributed by atoms with Crippen molar-refractivity contribution in [1.29, 1.82) is 0 Å². The molecule has 0 spiro atoms. The van der Waals surface area contributed by atoms with Crippen LogP contribution < -0.4 is 4.74 Å². The van der Waals surface area contributed by atoms with E-state index in [1.807, 2.05) is 6.07 Å². The van der Waals surface area contributed by atoms with Crippen LogP contribution in [-0.4, -0.2) is 48.4 Å². The second-order valence-electron chi connectivity index (χ2n) is 5.97. The number of morpholine rings is 1. The summed E-state index contributed by atoms with van der Waals surface area (Å²) in [4.78, 5) is 2.49. The number of methoxy groups -OCH3 is 1. The van der Waals surface area contributed by atoms with E-state index in [-0.39, 0.29) is 6.10 Å². The predicted octanol–water partition coefficient (Wildman–Crippen LogP) is 2.76. The molecular weight excluding hydrogens is 264 g/mol. The van der Waals surface area contributed by atoms with Gasteiger partial charge in [-0.15, -0.1) is 0 Å². The lowest BCUT2D eigenvalue weighted by atomic mass is 10.2. The van der Waals surface area contributed by atoms with Crippen LogP contribution in [-0.2, 0) is 11.3 Å². The Hall–Kier alpha value is -1.52. The van der Waals surface area contributed by atoms with Gasteiger partial charge in [-0.05, 0) is 38.1 Å². The first-order chi connectivity index (χ1) is 10.2. The molecule has 21 heavy (non-hydrogen) atoms. The molecular formula is C17H24N2O2. The van der Waals surface area contributed by atoms with E-state index in [0.717, 1.165) is 32.0 Å². The van der Waals surface area contributed by atoms with Gasteiger partial charge in [0.15, 0.2) is 0 Å². The highest BCUT2D eigenvalue weighted by atomic mass is 16.5. The van der Waals surface area contributed by atoms with Crippen LogP contribution in [0.2, 0.25) is 0 Å². The normalized spacial score (nSPS) is 20.3. The fourth-order valence-corrected chi connectivity index (χ4v) is 3.01. The molecule has 1 aliphatic heterocycles. The first-order valence-electron chi connectivity index (χ1n) is 7.66. The summed E-state index contributed by atoms with van der Waals surface area (Å²) in [5.74, 6) is 0.903. The lowest BCUT2D eigenvalue weighted by molar-refractivity contribution is -0.0451. The van der Waals surface area contributed by atoms with E-state index in [0.29, 0.717) is 6.04 Å². The average Bonchev–Trinajstić information content (AvgIpc) is 2.89. The summed E-state index contributed by atoms with van der Waals surface area (Å²) in [7, 11) is 1.70. The van der Waals surface area contributed by atoms with Crippen LogP contribution in [0.15, 0.2) is 30.5 Å². The van der Waals surface area contributed by atoms with Crippen molar-refractivity contribution in [1.82, 2.24) is 9.47 Å². The largest absolute Gasteiger partial charge is 0.497 e. The van der Waals surface area contributed by atoms with Crippen LogP contribution in [0.3, 0.4) is 0 Å². The maximum absolute atomic E-state index is 5.94. The summed E-state index contributed by atoms with van der Waals surface area (Å²) >= 11 is 0. The SMILES string of the molecule is COc1ccc2c(ccn2CC2CN(C(C)C)CCO2)c1. The lowest BCUT2D eigenvalue weighted by Gasteiger charge is -2.35. The number of hydrogen-bond donors (Lipinski definition) is 0. The van der Waals surface area contributed by atoms with Crippen molar-refractivity contribution in [3.05, 3.63) is 30.5 Å². The Morgan fingerprint density at radius 3 is 2.95 bits per heavy atom. The molecule has 1 aromatic heterocycles. The molecule has 0 bridgehead atoms. The van der Waals surface area contributed by atoms with E-state index >= 15 is 0 Å². The van der Waals surface area contributed by atoms with Crippen molar-refractivity contribution in [3.8, 4) is 5.75 Å². The van der Waals surface area contributed by atoms with Crippen molar-refractivity contribution in [3.63, 3.8) is 0 Å². The Kier molecular flexibility index (Phi) is 4.17. The zero-order valence-corrected chi connectivity index (χ0v) is 13.1. The zero-order chi connectivity index (χ0) is 14.8. The van der Waals surface area contributed by atoms with Gasteiger partial charge in [0, 0.05) is 36.2 Å². The Morgan fingerprint density at radius 2 is 2.19 bits per heavy atom. The van der Waals surface area contributed by atoms with Gasteiger partial charge >= 0.3 is 0 Å². The van der Waals surface area contributed by atoms with Gasteiger partial charge in [-0.3, -0.25) is 4.90 Å². The molecule has 1 fully saturated rings. The van der Waals surface area contributed by atoms with Crippen LogP contribution in [0, 0.1) is 0 Å². The molecule has 2 aromatic rings. The molecule has 0 N–H and O–H groups in total. The molecule has 1 atom stereocenters. The molecule has 1 saturated heterocycles. The fourth-order valence-electron chi connectivity index (χ4n) is 3.01. The van der Waals surface area contributed by atoms with Crippen molar-refractivity contribution >= 4 is 10.9 Å². The van der Waals surface area contributed by atoms with E-state index < -0.39 is 0 Å². The number of fused-ring (bicyclic) bond motifs is 1. The van der Waals surface area contributed by atoms with Crippen molar-refractivity contribution in [2.45, 2.75) is 32.5 Å². The molecule has 1 aliphatic rings. The van der Waals surface area contributed by atoms with Gasteiger partial charge in [0.2, 0.25) is 0 Å². The molecule has 4 nitrogen and oxygen atoms in total. The molecule has 0 aliphatic carbocycles. The van der Waals surface area contributed by atoms with E-state index in [1.54, 1.807) is 7.11 Å². The molecule has 0 radical (unpaired) electrons. The van der Waals surface area contributed by atoms with Gasteiger partial charge in [-0.2, -0.15) is 0 Å². The van der Waals surface area contributed by atoms with Gasteiger partial charge in [0.05, 0.1) is 26.4 Å². The number of hydrogen-bond acceptors (Lipinski definition) is 3. The van der Waals surface area contributed by atoms with E-state index in [1.165, 1.54) is 10.9 Å². The Bertz CT molecular complexity index is 606. The minimum Gasteiger partial charge on any atom is -0.497 e. The van der Waals surface area contributed by atoms with Gasteiger partial charge in [-0.25, -0.2) is 0 Å². The maximum atomic E-state index is 5.94. The summed E-state index contributed by atoms with van der Waals surface area (Å²) < 4.78 is 13.5. The van der Waals surface area contributed by atoms with E-state index in [4.69, 9.17) is 9.47 Å². The molecule has 1 aromatic carbocycles. The van der Waals surface area contributed by atoms with E-state index in [9.17, 15) is 0 Å². The van der Waals surface area contributed by atoms with Gasteiger partial charge in [0.25, 0.3) is 0 Å². The Morgan fingerprint density at radius 1 is 1.33 bits per heavy atom. The van der Waals surface area contributed by atoms with Crippen LogP contribution in [0.1, 0.15) is 13.8 Å². The molecule has 1 unspecified atom stereocenters. The highest BCUT2D eigenvalue weighted by Crippen LogP contribution is 2.23. The fraction of sp³-hybridized carbons (Fsp3) is 0.529. The molecule has 3 rings (SSSR count). The van der Waals surface area contributed by atoms with Gasteiger partial charge in [-0.1, -0.05) is 0 Å². The molecule has 0 saturated carbocycles. The monoisotopic (exact) mass is 288 g/mol.